The third-order valence-corrected chi connectivity index (χ3v) is 12.5. The molecule has 0 bridgehead atoms. The second-order valence-electron chi connectivity index (χ2n) is 14.5. The Balaban J connectivity index is 0.954. The molecule has 3 aromatic heterocycles. The van der Waals surface area contributed by atoms with Crippen LogP contribution < -0.4 is 10.6 Å². The Hall–Kier alpha value is -5.69. The lowest BCUT2D eigenvalue weighted by Gasteiger charge is -2.33. The van der Waals surface area contributed by atoms with Crippen molar-refractivity contribution in [1.82, 2.24) is 10.6 Å². The fraction of sp³-hybridized carbons (Fsp3) is 0.152. The summed E-state index contributed by atoms with van der Waals surface area (Å²) >= 11 is 1.89. The molecule has 2 aliphatic carbocycles. The number of nitrogens with one attached hydrogen (secondary N) is 2. The minimum absolute atomic E-state index is 0.154. The zero-order valence-corrected chi connectivity index (χ0v) is 29.5. The lowest BCUT2D eigenvalue weighted by molar-refractivity contribution is 0.425. The van der Waals surface area contributed by atoms with Crippen molar-refractivity contribution in [3.63, 3.8) is 0 Å². The molecule has 0 radical (unpaired) electrons. The normalized spacial score (nSPS) is 21.6. The third-order valence-electron chi connectivity index (χ3n) is 11.2. The van der Waals surface area contributed by atoms with Crippen LogP contribution in [0.25, 0.3) is 59.2 Å². The molecule has 52 heavy (non-hydrogen) atoms. The summed E-state index contributed by atoms with van der Waals surface area (Å²) in [5, 5.41) is 13.6. The molecule has 4 heterocycles. The van der Waals surface area contributed by atoms with Gasteiger partial charge in [-0.3, -0.25) is 5.32 Å². The van der Waals surface area contributed by atoms with Crippen LogP contribution >= 0.6 is 11.3 Å². The molecular weight excluding hydrogens is 659 g/mol. The van der Waals surface area contributed by atoms with Gasteiger partial charge in [0.15, 0.2) is 0 Å². The van der Waals surface area contributed by atoms with E-state index in [4.69, 9.17) is 13.8 Å². The topological polar surface area (TPSA) is 62.7 Å². The monoisotopic (exact) mass is 693 g/mol. The van der Waals surface area contributed by atoms with Gasteiger partial charge >= 0.3 is 0 Å². The van der Waals surface area contributed by atoms with Gasteiger partial charge in [0.25, 0.3) is 0 Å². The number of furan rings is 2. The van der Waals surface area contributed by atoms with Crippen LogP contribution in [-0.2, 0) is 11.8 Å². The Labute approximate surface area is 304 Å². The summed E-state index contributed by atoms with van der Waals surface area (Å²) in [7, 11) is 0. The van der Waals surface area contributed by atoms with Gasteiger partial charge in [0.2, 0.25) is 0 Å². The van der Waals surface area contributed by atoms with Crippen molar-refractivity contribution in [2.24, 2.45) is 4.99 Å². The van der Waals surface area contributed by atoms with Gasteiger partial charge in [0.05, 0.1) is 0 Å². The second kappa shape index (κ2) is 11.4. The maximum Gasteiger partial charge on any atom is 0.135 e. The molecule has 0 spiro atoms. The van der Waals surface area contributed by atoms with E-state index in [1.165, 1.54) is 36.9 Å². The number of amidine groups is 1. The molecule has 11 rings (SSSR count). The predicted molar refractivity (Wildman–Crippen MR) is 215 cm³/mol. The first-order valence-corrected chi connectivity index (χ1v) is 18.9. The Morgan fingerprint density at radius 2 is 1.62 bits per heavy atom. The van der Waals surface area contributed by atoms with Gasteiger partial charge < -0.3 is 14.2 Å². The van der Waals surface area contributed by atoms with Crippen LogP contribution in [0.1, 0.15) is 53.9 Å². The molecule has 3 unspecified atom stereocenters. The number of benzene rings is 5. The van der Waals surface area contributed by atoms with Gasteiger partial charge in [-0.15, -0.1) is 11.3 Å². The lowest BCUT2D eigenvalue weighted by atomic mass is 9.74. The summed E-state index contributed by atoms with van der Waals surface area (Å²) in [4.78, 5) is 5.26. The lowest BCUT2D eigenvalue weighted by Crippen LogP contribution is -2.49. The molecule has 2 N–H and O–H groups in total. The molecule has 0 fully saturated rings. The van der Waals surface area contributed by atoms with Crippen molar-refractivity contribution in [2.45, 2.75) is 43.9 Å². The van der Waals surface area contributed by atoms with Gasteiger partial charge in [-0.1, -0.05) is 110 Å². The van der Waals surface area contributed by atoms with E-state index in [9.17, 15) is 0 Å². The number of nitrogens with zero attached hydrogens (tertiary/aromatic N) is 1. The number of rotatable bonds is 4. The van der Waals surface area contributed by atoms with E-state index in [-0.39, 0.29) is 17.7 Å². The van der Waals surface area contributed by atoms with Crippen LogP contribution in [0.5, 0.6) is 0 Å². The van der Waals surface area contributed by atoms with Crippen molar-refractivity contribution in [1.29, 1.82) is 0 Å². The van der Waals surface area contributed by atoms with E-state index in [0.717, 1.165) is 74.9 Å². The van der Waals surface area contributed by atoms with Crippen molar-refractivity contribution in [3.05, 3.63) is 161 Å². The van der Waals surface area contributed by atoms with E-state index in [2.05, 4.69) is 139 Å². The van der Waals surface area contributed by atoms with Gasteiger partial charge in [0.1, 0.15) is 40.7 Å². The second-order valence-corrected chi connectivity index (χ2v) is 15.6. The number of hydrogen-bond acceptors (Lipinski definition) is 6. The summed E-state index contributed by atoms with van der Waals surface area (Å²) in [6.07, 6.45) is 13.7. The van der Waals surface area contributed by atoms with Crippen LogP contribution in [-0.4, -0.2) is 12.0 Å². The molecule has 0 saturated carbocycles. The van der Waals surface area contributed by atoms with Gasteiger partial charge in [0, 0.05) is 59.3 Å². The number of hydrogen-bond donors (Lipinski definition) is 2. The molecule has 3 atom stereocenters. The van der Waals surface area contributed by atoms with E-state index >= 15 is 0 Å². The van der Waals surface area contributed by atoms with E-state index < -0.39 is 0 Å². The minimum Gasteiger partial charge on any atom is -0.460 e. The Bertz CT molecular complexity index is 2880. The highest BCUT2D eigenvalue weighted by Crippen LogP contribution is 2.45. The number of thiophene rings is 1. The molecule has 6 heteroatoms. The van der Waals surface area contributed by atoms with E-state index in [0.29, 0.717) is 0 Å². The number of fused-ring (bicyclic) bond motifs is 9. The van der Waals surface area contributed by atoms with Gasteiger partial charge in [-0.2, -0.15) is 0 Å². The van der Waals surface area contributed by atoms with Crippen LogP contribution in [0.4, 0.5) is 0 Å². The van der Waals surface area contributed by atoms with Crippen molar-refractivity contribution < 1.29 is 8.83 Å². The first-order valence-electron chi connectivity index (χ1n) is 18.1. The molecule has 0 amide bonds. The highest BCUT2D eigenvalue weighted by molar-refractivity contribution is 7.26. The maximum absolute atomic E-state index is 6.76. The van der Waals surface area contributed by atoms with Crippen molar-refractivity contribution in [2.75, 3.05) is 0 Å². The number of para-hydroxylation sites is 1. The molecule has 5 nitrogen and oxygen atoms in total. The largest absolute Gasteiger partial charge is 0.460 e. The molecule has 5 aromatic carbocycles. The molecule has 0 saturated heterocycles. The van der Waals surface area contributed by atoms with Crippen molar-refractivity contribution in [3.8, 4) is 0 Å². The summed E-state index contributed by atoms with van der Waals surface area (Å²) < 4.78 is 15.7. The minimum atomic E-state index is -0.186. The molecule has 3 aliphatic rings. The SMILES string of the molecule is CC1(c2cccc3c2sc2ccccc23)C=Cc2c(oc3cc(C4=NC(C5=CC=CCC5)NC(c5ccc6c(c5)oc5ccccc56)N4)ccc23)C1. The van der Waals surface area contributed by atoms with Crippen LogP contribution in [0.2, 0.25) is 0 Å². The van der Waals surface area contributed by atoms with E-state index in [1.54, 1.807) is 0 Å². The quantitative estimate of drug-likeness (QED) is 0.193. The van der Waals surface area contributed by atoms with Gasteiger partial charge in [-0.25, -0.2) is 4.99 Å². The average Bonchev–Trinajstić information content (AvgIpc) is 3.88. The highest BCUT2D eigenvalue weighted by Gasteiger charge is 2.34. The van der Waals surface area contributed by atoms with E-state index in [1.807, 2.05) is 23.5 Å². The summed E-state index contributed by atoms with van der Waals surface area (Å²) in [6.45, 7) is 2.34. The molecular formula is C46H35N3O2S. The smallest absolute Gasteiger partial charge is 0.135 e. The number of aliphatic imine (C=N–C) groups is 1. The maximum atomic E-state index is 6.76. The first kappa shape index (κ1) is 30.0. The summed E-state index contributed by atoms with van der Waals surface area (Å²) in [6, 6.07) is 36.8. The van der Waals surface area contributed by atoms with Crippen molar-refractivity contribution >= 4 is 76.3 Å². The Morgan fingerprint density at radius 1 is 0.788 bits per heavy atom. The van der Waals surface area contributed by atoms with Crippen LogP contribution in [0.15, 0.2) is 147 Å². The fourth-order valence-corrected chi connectivity index (χ4v) is 9.86. The predicted octanol–water partition coefficient (Wildman–Crippen LogP) is 11.5. The highest BCUT2D eigenvalue weighted by atomic mass is 32.1. The zero-order valence-electron chi connectivity index (χ0n) is 28.6. The van der Waals surface area contributed by atoms with Crippen LogP contribution in [0.3, 0.4) is 0 Å². The summed E-state index contributed by atoms with van der Waals surface area (Å²) in [5.41, 5.74) is 8.41. The fourth-order valence-electron chi connectivity index (χ4n) is 8.51. The molecule has 8 aromatic rings. The zero-order chi connectivity index (χ0) is 34.4. The molecule has 252 valence electrons. The number of allylic oxidation sites excluding steroid dienone is 4. The molecule has 1 aliphatic heterocycles. The Kier molecular flexibility index (Phi) is 6.58. The Morgan fingerprint density at radius 3 is 2.54 bits per heavy atom. The summed E-state index contributed by atoms with van der Waals surface area (Å²) in [5.74, 6) is 1.88. The standard InChI is InChI=1S/C46H35N3O2S/c1-46(36-15-9-14-35-34-13-6-8-17-41(34)52-42(35)36)23-22-33-32-21-19-29(25-39(32)51-40(33)26-46)45-48-43(27-10-3-2-4-11-27)47-44(49-45)28-18-20-31-30-12-5-7-16-37(30)50-38(31)24-28/h2-3,5-10,12-25,43-44,47H,4,11,26H2,1H3,(H,48,49). The third kappa shape index (κ3) is 4.68. The first-order chi connectivity index (χ1) is 25.6. The van der Waals surface area contributed by atoms with Crippen LogP contribution in [0, 0.1) is 0 Å². The average molecular weight is 694 g/mol. The van der Waals surface area contributed by atoms with Gasteiger partial charge in [-0.05, 0) is 59.9 Å².